The first kappa shape index (κ1) is 17.9. The summed E-state index contributed by atoms with van der Waals surface area (Å²) in [5.74, 6) is -0.558. The van der Waals surface area contributed by atoms with Crippen LogP contribution in [0.1, 0.15) is 6.92 Å². The van der Waals surface area contributed by atoms with Crippen LogP contribution in [0.4, 0.5) is 18.9 Å². The van der Waals surface area contributed by atoms with Crippen LogP contribution in [0.5, 0.6) is 5.75 Å². The molecule has 0 aliphatic carbocycles. The second kappa shape index (κ2) is 7.41. The van der Waals surface area contributed by atoms with E-state index in [1.807, 2.05) is 0 Å². The van der Waals surface area contributed by atoms with Crippen molar-refractivity contribution in [1.29, 1.82) is 0 Å². The molecule has 2 amide bonds. The van der Waals surface area contributed by atoms with Gasteiger partial charge in [0.15, 0.2) is 0 Å². The average molecular weight is 345 g/mol. The topological polar surface area (TPSA) is 61.9 Å². The smallest absolute Gasteiger partial charge is 0.406 e. The minimum atomic E-state index is -4.76. The molecule has 24 heavy (non-hydrogen) atoms. The minimum absolute atomic E-state index is 0.0262. The van der Waals surface area contributed by atoms with Crippen LogP contribution in [0.15, 0.2) is 24.3 Å². The van der Waals surface area contributed by atoms with E-state index in [0.717, 1.165) is 0 Å². The number of amides is 2. The van der Waals surface area contributed by atoms with Gasteiger partial charge in [-0.1, -0.05) is 6.07 Å². The molecule has 0 bridgehead atoms. The Hall–Kier alpha value is -2.45. The summed E-state index contributed by atoms with van der Waals surface area (Å²) in [4.78, 5) is 26.6. The number of hydrogen-bond donors (Lipinski definition) is 1. The molecule has 1 aromatic carbocycles. The number of nitrogens with one attached hydrogen (secondary N) is 1. The normalized spacial score (nSPS) is 15.2. The number of nitrogens with zero attached hydrogens (tertiary/aromatic N) is 2. The molecule has 6 nitrogen and oxygen atoms in total. The van der Waals surface area contributed by atoms with Gasteiger partial charge < -0.3 is 19.9 Å². The summed E-state index contributed by atoms with van der Waals surface area (Å²) in [6.07, 6.45) is -4.76. The second-order valence-electron chi connectivity index (χ2n) is 5.32. The fourth-order valence-electron chi connectivity index (χ4n) is 2.36. The van der Waals surface area contributed by atoms with E-state index in [-0.39, 0.29) is 24.1 Å². The Morgan fingerprint density at radius 3 is 2.38 bits per heavy atom. The molecule has 2 rings (SSSR count). The number of piperazine rings is 1. The van der Waals surface area contributed by atoms with Crippen LogP contribution in [0.25, 0.3) is 0 Å². The van der Waals surface area contributed by atoms with Crippen molar-refractivity contribution in [1.82, 2.24) is 9.80 Å². The maximum absolute atomic E-state index is 12.2. The number of benzene rings is 1. The van der Waals surface area contributed by atoms with E-state index in [2.05, 4.69) is 10.1 Å². The van der Waals surface area contributed by atoms with Gasteiger partial charge in [-0.15, -0.1) is 13.2 Å². The highest BCUT2D eigenvalue weighted by Crippen LogP contribution is 2.24. The van der Waals surface area contributed by atoms with Crippen LogP contribution in [0.3, 0.4) is 0 Å². The van der Waals surface area contributed by atoms with Gasteiger partial charge in [-0.05, 0) is 12.1 Å². The molecule has 1 aromatic rings. The van der Waals surface area contributed by atoms with Gasteiger partial charge in [-0.3, -0.25) is 9.59 Å². The summed E-state index contributed by atoms with van der Waals surface area (Å²) >= 11 is 0. The molecule has 1 saturated heterocycles. The molecule has 0 radical (unpaired) electrons. The lowest BCUT2D eigenvalue weighted by molar-refractivity contribution is -0.274. The zero-order chi connectivity index (χ0) is 17.7. The van der Waals surface area contributed by atoms with Gasteiger partial charge in [0.05, 0.1) is 6.54 Å². The number of anilines is 1. The van der Waals surface area contributed by atoms with Gasteiger partial charge in [-0.2, -0.15) is 0 Å². The van der Waals surface area contributed by atoms with Crippen LogP contribution in [0.2, 0.25) is 0 Å². The van der Waals surface area contributed by atoms with Gasteiger partial charge in [-0.25, -0.2) is 0 Å². The summed E-state index contributed by atoms with van der Waals surface area (Å²) in [5, 5.41) is 2.78. The quantitative estimate of drug-likeness (QED) is 0.902. The molecule has 0 unspecified atom stereocenters. The Bertz CT molecular complexity index is 599. The molecule has 1 heterocycles. The van der Waals surface area contributed by atoms with Crippen molar-refractivity contribution in [2.75, 3.05) is 38.0 Å². The lowest BCUT2D eigenvalue weighted by atomic mass is 10.3. The first-order chi connectivity index (χ1) is 11.2. The Balaban J connectivity index is 1.84. The SMILES string of the molecule is CC(=O)N1CCN(C(=O)CNc2cccc(OC(F)(F)F)c2)CC1. The van der Waals surface area contributed by atoms with E-state index >= 15 is 0 Å². The fraction of sp³-hybridized carbons (Fsp3) is 0.467. The molecule has 0 spiro atoms. The van der Waals surface area contributed by atoms with E-state index in [4.69, 9.17) is 0 Å². The molecule has 1 aliphatic heterocycles. The molecular weight excluding hydrogens is 327 g/mol. The Morgan fingerprint density at radius 2 is 1.79 bits per heavy atom. The zero-order valence-electron chi connectivity index (χ0n) is 13.1. The Labute approximate surface area is 137 Å². The summed E-state index contributed by atoms with van der Waals surface area (Å²) in [7, 11) is 0. The fourth-order valence-corrected chi connectivity index (χ4v) is 2.36. The van der Waals surface area contributed by atoms with Crippen LogP contribution in [-0.4, -0.2) is 60.7 Å². The van der Waals surface area contributed by atoms with Crippen LogP contribution < -0.4 is 10.1 Å². The predicted octanol–water partition coefficient (Wildman–Crippen LogP) is 1.69. The van der Waals surface area contributed by atoms with Gasteiger partial charge >= 0.3 is 6.36 Å². The molecular formula is C15H18F3N3O3. The minimum Gasteiger partial charge on any atom is -0.406 e. The molecule has 0 saturated carbocycles. The summed E-state index contributed by atoms with van der Waals surface area (Å²) in [6, 6.07) is 5.31. The molecule has 9 heteroatoms. The molecule has 1 aliphatic rings. The van der Waals surface area contributed by atoms with Crippen LogP contribution in [0, 0.1) is 0 Å². The number of carbonyl (C=O) groups excluding carboxylic acids is 2. The lowest BCUT2D eigenvalue weighted by Gasteiger charge is -2.34. The van der Waals surface area contributed by atoms with Gasteiger partial charge in [0.1, 0.15) is 5.75 Å². The number of halogens is 3. The van der Waals surface area contributed by atoms with Gasteiger partial charge in [0.25, 0.3) is 0 Å². The van der Waals surface area contributed by atoms with Crippen molar-refractivity contribution >= 4 is 17.5 Å². The molecule has 1 N–H and O–H groups in total. The van der Waals surface area contributed by atoms with Gasteiger partial charge in [0.2, 0.25) is 11.8 Å². The van der Waals surface area contributed by atoms with E-state index < -0.39 is 6.36 Å². The monoisotopic (exact) mass is 345 g/mol. The standard InChI is InChI=1S/C15H18F3N3O3/c1-11(22)20-5-7-21(8-6-20)14(23)10-19-12-3-2-4-13(9-12)24-15(16,17)18/h2-4,9,19H,5-8,10H2,1H3. The lowest BCUT2D eigenvalue weighted by Crippen LogP contribution is -2.51. The van der Waals surface area contributed by atoms with Crippen molar-refractivity contribution < 1.29 is 27.5 Å². The largest absolute Gasteiger partial charge is 0.573 e. The summed E-state index contributed by atoms with van der Waals surface area (Å²) in [5.41, 5.74) is 0.354. The molecule has 1 fully saturated rings. The second-order valence-corrected chi connectivity index (χ2v) is 5.32. The summed E-state index contributed by atoms with van der Waals surface area (Å²) < 4.78 is 40.4. The average Bonchev–Trinajstić information content (AvgIpc) is 2.51. The van der Waals surface area contributed by atoms with E-state index in [9.17, 15) is 22.8 Å². The van der Waals surface area contributed by atoms with Crippen molar-refractivity contribution in [3.63, 3.8) is 0 Å². The van der Waals surface area contributed by atoms with Crippen molar-refractivity contribution in [2.24, 2.45) is 0 Å². The predicted molar refractivity (Wildman–Crippen MR) is 80.4 cm³/mol. The number of ether oxygens (including phenoxy) is 1. The third-order valence-electron chi connectivity index (χ3n) is 3.59. The van der Waals surface area contributed by atoms with E-state index in [1.165, 1.54) is 25.1 Å². The third kappa shape index (κ3) is 5.32. The van der Waals surface area contributed by atoms with E-state index in [0.29, 0.717) is 31.9 Å². The zero-order valence-corrected chi connectivity index (χ0v) is 13.1. The molecule has 132 valence electrons. The Kier molecular flexibility index (Phi) is 5.53. The maximum atomic E-state index is 12.2. The molecule has 0 aromatic heterocycles. The number of alkyl halides is 3. The Morgan fingerprint density at radius 1 is 1.17 bits per heavy atom. The first-order valence-electron chi connectivity index (χ1n) is 7.37. The third-order valence-corrected chi connectivity index (χ3v) is 3.59. The van der Waals surface area contributed by atoms with E-state index in [1.54, 1.807) is 15.9 Å². The highest BCUT2D eigenvalue weighted by atomic mass is 19.4. The highest BCUT2D eigenvalue weighted by molar-refractivity contribution is 5.81. The maximum Gasteiger partial charge on any atom is 0.573 e. The van der Waals surface area contributed by atoms with Crippen LogP contribution in [-0.2, 0) is 9.59 Å². The van der Waals surface area contributed by atoms with Gasteiger partial charge in [0, 0.05) is 44.9 Å². The number of hydrogen-bond acceptors (Lipinski definition) is 4. The first-order valence-corrected chi connectivity index (χ1v) is 7.37. The highest BCUT2D eigenvalue weighted by Gasteiger charge is 2.31. The van der Waals surface area contributed by atoms with Crippen molar-refractivity contribution in [3.8, 4) is 5.75 Å². The number of carbonyl (C=O) groups is 2. The van der Waals surface area contributed by atoms with Crippen LogP contribution >= 0.6 is 0 Å². The van der Waals surface area contributed by atoms with Crippen molar-refractivity contribution in [3.05, 3.63) is 24.3 Å². The number of rotatable bonds is 4. The van der Waals surface area contributed by atoms with Crippen molar-refractivity contribution in [2.45, 2.75) is 13.3 Å². The molecule has 0 atom stereocenters. The summed E-state index contributed by atoms with van der Waals surface area (Å²) in [6.45, 7) is 3.28.